The molecule has 1 aromatic rings. The maximum absolute atomic E-state index is 12.2. The Morgan fingerprint density at radius 1 is 1.15 bits per heavy atom. The van der Waals surface area contributed by atoms with E-state index in [-0.39, 0.29) is 24.3 Å². The first-order chi connectivity index (χ1) is 12.4. The van der Waals surface area contributed by atoms with Crippen molar-refractivity contribution in [3.8, 4) is 0 Å². The number of nitrogens with one attached hydrogen (secondary N) is 2. The van der Waals surface area contributed by atoms with Gasteiger partial charge in [0.25, 0.3) is 11.8 Å². The lowest BCUT2D eigenvalue weighted by Crippen LogP contribution is -3.11. The molecule has 0 saturated carbocycles. The summed E-state index contributed by atoms with van der Waals surface area (Å²) in [6, 6.07) is 7.29. The normalized spacial score (nSPS) is 15.0. The molecule has 142 valence electrons. The lowest BCUT2D eigenvalue weighted by atomic mass is 10.2. The Hall–Kier alpha value is -2.41. The third kappa shape index (κ3) is 5.29. The van der Waals surface area contributed by atoms with E-state index < -0.39 is 0 Å². The van der Waals surface area contributed by atoms with Crippen LogP contribution in [-0.4, -0.2) is 62.4 Å². The number of amides is 3. The minimum absolute atomic E-state index is 0.0555. The van der Waals surface area contributed by atoms with Gasteiger partial charge in [0.1, 0.15) is 0 Å². The molecule has 0 bridgehead atoms. The molecule has 0 spiro atoms. The first-order valence-electron chi connectivity index (χ1n) is 9.24. The summed E-state index contributed by atoms with van der Waals surface area (Å²) >= 11 is 0. The molecule has 1 aromatic carbocycles. The summed E-state index contributed by atoms with van der Waals surface area (Å²) in [7, 11) is 1.84. The van der Waals surface area contributed by atoms with Gasteiger partial charge in [-0.3, -0.25) is 14.4 Å². The van der Waals surface area contributed by atoms with Crippen LogP contribution in [0.3, 0.4) is 0 Å². The van der Waals surface area contributed by atoms with Crippen molar-refractivity contribution < 1.29 is 19.3 Å². The van der Waals surface area contributed by atoms with E-state index in [9.17, 15) is 14.4 Å². The third-order valence-corrected chi connectivity index (χ3v) is 4.57. The van der Waals surface area contributed by atoms with Gasteiger partial charge in [-0.2, -0.15) is 0 Å². The molecule has 1 unspecified atom stereocenters. The molecule has 1 aliphatic heterocycles. The number of benzene rings is 1. The highest BCUT2D eigenvalue weighted by Gasteiger charge is 2.21. The molecule has 2 N–H and O–H groups in total. The number of carbonyl (C=O) groups is 3. The fourth-order valence-electron chi connectivity index (χ4n) is 3.13. The Labute approximate surface area is 154 Å². The Bertz CT molecular complexity index is 641. The second-order valence-corrected chi connectivity index (χ2v) is 6.62. The second kappa shape index (κ2) is 9.33. The van der Waals surface area contributed by atoms with Crippen LogP contribution in [0.5, 0.6) is 0 Å². The maximum atomic E-state index is 12.2. The van der Waals surface area contributed by atoms with Gasteiger partial charge in [0.15, 0.2) is 13.1 Å². The fourth-order valence-corrected chi connectivity index (χ4v) is 3.13. The topological polar surface area (TPSA) is 74.2 Å². The van der Waals surface area contributed by atoms with Crippen molar-refractivity contribution in [3.05, 3.63) is 24.3 Å². The minimum atomic E-state index is -0.139. The Balaban J connectivity index is 1.83. The van der Waals surface area contributed by atoms with Crippen LogP contribution >= 0.6 is 0 Å². The average molecular weight is 361 g/mol. The van der Waals surface area contributed by atoms with Gasteiger partial charge in [0, 0.05) is 37.4 Å². The molecule has 3 amide bonds. The number of hydrogen-bond acceptors (Lipinski definition) is 3. The van der Waals surface area contributed by atoms with Crippen LogP contribution in [0, 0.1) is 0 Å². The molecule has 1 fully saturated rings. The Morgan fingerprint density at radius 2 is 1.81 bits per heavy atom. The zero-order chi connectivity index (χ0) is 19.1. The second-order valence-electron chi connectivity index (χ2n) is 6.62. The number of hydrogen-bond donors (Lipinski definition) is 2. The van der Waals surface area contributed by atoms with Crippen LogP contribution in [0.15, 0.2) is 24.3 Å². The zero-order valence-corrected chi connectivity index (χ0v) is 15.9. The predicted octanol–water partition coefficient (Wildman–Crippen LogP) is 0.135. The lowest BCUT2D eigenvalue weighted by Gasteiger charge is -2.21. The SMILES string of the molecule is CCN(CC)C(=O)C[NH+](C)CC(=O)Nc1ccc(N2CCCC2=O)cc1. The molecule has 1 atom stereocenters. The van der Waals surface area contributed by atoms with E-state index in [0.29, 0.717) is 31.7 Å². The molecule has 0 radical (unpaired) electrons. The van der Waals surface area contributed by atoms with Gasteiger partial charge in [-0.1, -0.05) is 0 Å². The largest absolute Gasteiger partial charge is 0.338 e. The van der Waals surface area contributed by atoms with Crippen LogP contribution in [-0.2, 0) is 14.4 Å². The number of nitrogens with zero attached hydrogens (tertiary/aromatic N) is 2. The van der Waals surface area contributed by atoms with E-state index >= 15 is 0 Å². The summed E-state index contributed by atoms with van der Waals surface area (Å²) in [6.07, 6.45) is 1.48. The summed E-state index contributed by atoms with van der Waals surface area (Å²) in [5.74, 6) is 0.0599. The summed E-state index contributed by atoms with van der Waals surface area (Å²) in [4.78, 5) is 40.4. The number of anilines is 2. The lowest BCUT2D eigenvalue weighted by molar-refractivity contribution is -0.862. The van der Waals surface area contributed by atoms with Crippen LogP contribution in [0.4, 0.5) is 11.4 Å². The van der Waals surface area contributed by atoms with Crippen LogP contribution in [0.2, 0.25) is 0 Å². The van der Waals surface area contributed by atoms with E-state index in [1.165, 1.54) is 0 Å². The molecule has 7 nitrogen and oxygen atoms in total. The zero-order valence-electron chi connectivity index (χ0n) is 15.9. The highest BCUT2D eigenvalue weighted by molar-refractivity contribution is 5.96. The summed E-state index contributed by atoms with van der Waals surface area (Å²) in [5.41, 5.74) is 1.55. The monoisotopic (exact) mass is 361 g/mol. The summed E-state index contributed by atoms with van der Waals surface area (Å²) in [6.45, 7) is 6.52. The summed E-state index contributed by atoms with van der Waals surface area (Å²) in [5, 5.41) is 2.84. The molecular formula is C19H29N4O3+. The number of carbonyl (C=O) groups excluding carboxylic acids is 3. The molecule has 1 saturated heterocycles. The Kier molecular flexibility index (Phi) is 7.15. The van der Waals surface area contributed by atoms with Gasteiger partial charge in [-0.05, 0) is 44.5 Å². The standard InChI is InChI=1S/C19H28N4O3/c1-4-22(5-2)19(26)14-21(3)13-17(24)20-15-8-10-16(11-9-15)23-12-6-7-18(23)25/h8-11H,4-7,12-14H2,1-3H3,(H,20,24)/p+1. The van der Waals surface area contributed by atoms with Gasteiger partial charge in [-0.15, -0.1) is 0 Å². The third-order valence-electron chi connectivity index (χ3n) is 4.57. The molecule has 1 aliphatic rings. The van der Waals surface area contributed by atoms with Crippen molar-refractivity contribution in [1.82, 2.24) is 4.90 Å². The number of quaternary nitrogens is 1. The smallest absolute Gasteiger partial charge is 0.279 e. The molecule has 0 aromatic heterocycles. The van der Waals surface area contributed by atoms with E-state index in [0.717, 1.165) is 23.6 Å². The van der Waals surface area contributed by atoms with Gasteiger partial charge in [0.05, 0.1) is 7.05 Å². The maximum Gasteiger partial charge on any atom is 0.279 e. The van der Waals surface area contributed by atoms with Crippen molar-refractivity contribution in [1.29, 1.82) is 0 Å². The first-order valence-corrected chi connectivity index (χ1v) is 9.24. The van der Waals surface area contributed by atoms with E-state index in [4.69, 9.17) is 0 Å². The molecule has 1 heterocycles. The van der Waals surface area contributed by atoms with Crippen molar-refractivity contribution in [3.63, 3.8) is 0 Å². The van der Waals surface area contributed by atoms with Crippen LogP contribution in [0.1, 0.15) is 26.7 Å². The van der Waals surface area contributed by atoms with Gasteiger partial charge in [-0.25, -0.2) is 0 Å². The molecule has 0 aliphatic carbocycles. The highest BCUT2D eigenvalue weighted by atomic mass is 16.2. The number of rotatable bonds is 8. The van der Waals surface area contributed by atoms with Crippen molar-refractivity contribution in [2.45, 2.75) is 26.7 Å². The van der Waals surface area contributed by atoms with Gasteiger partial charge < -0.3 is 20.0 Å². The molecular weight excluding hydrogens is 332 g/mol. The van der Waals surface area contributed by atoms with E-state index in [1.807, 2.05) is 33.0 Å². The molecule has 7 heteroatoms. The van der Waals surface area contributed by atoms with Crippen molar-refractivity contribution in [2.24, 2.45) is 0 Å². The minimum Gasteiger partial charge on any atom is -0.338 e. The number of likely N-dealkylation sites (N-methyl/N-ethyl adjacent to an activating group) is 2. The molecule has 26 heavy (non-hydrogen) atoms. The predicted molar refractivity (Wildman–Crippen MR) is 101 cm³/mol. The highest BCUT2D eigenvalue weighted by Crippen LogP contribution is 2.22. The fraction of sp³-hybridized carbons (Fsp3) is 0.526. The summed E-state index contributed by atoms with van der Waals surface area (Å²) < 4.78 is 0. The molecule has 2 rings (SSSR count). The quantitative estimate of drug-likeness (QED) is 0.691. The first kappa shape index (κ1) is 19.9. The Morgan fingerprint density at radius 3 is 2.35 bits per heavy atom. The van der Waals surface area contributed by atoms with E-state index in [2.05, 4.69) is 5.32 Å². The van der Waals surface area contributed by atoms with Gasteiger partial charge in [0.2, 0.25) is 5.91 Å². The average Bonchev–Trinajstić information content (AvgIpc) is 3.02. The van der Waals surface area contributed by atoms with Crippen molar-refractivity contribution in [2.75, 3.05) is 50.0 Å². The van der Waals surface area contributed by atoms with Crippen LogP contribution < -0.4 is 15.1 Å². The van der Waals surface area contributed by atoms with E-state index in [1.54, 1.807) is 21.9 Å². The van der Waals surface area contributed by atoms with Crippen LogP contribution in [0.25, 0.3) is 0 Å². The van der Waals surface area contributed by atoms with Gasteiger partial charge >= 0.3 is 0 Å². The van der Waals surface area contributed by atoms with Crippen molar-refractivity contribution >= 4 is 29.1 Å².